The molecule has 0 saturated heterocycles. The molecule has 214 valence electrons. The highest BCUT2D eigenvalue weighted by atomic mass is 32.1. The monoisotopic (exact) mass is 585 g/mol. The van der Waals surface area contributed by atoms with E-state index in [4.69, 9.17) is 9.47 Å². The van der Waals surface area contributed by atoms with E-state index in [0.717, 1.165) is 22.6 Å². The van der Waals surface area contributed by atoms with Crippen molar-refractivity contribution in [2.75, 3.05) is 6.79 Å². The SMILES string of the molecule is CCCCC(NC(=O)N[C@H](c1ccc2c(c1)OCO2)C(C)(C)C(=O)O)C(=O)N(Cc1cccs1)Cc1cccs1. The van der Waals surface area contributed by atoms with E-state index >= 15 is 0 Å². The summed E-state index contributed by atoms with van der Waals surface area (Å²) in [7, 11) is 0. The summed E-state index contributed by atoms with van der Waals surface area (Å²) in [4.78, 5) is 43.4. The highest BCUT2D eigenvalue weighted by Crippen LogP contribution is 2.39. The normalized spacial score (nSPS) is 13.9. The Hall–Kier alpha value is -3.57. The van der Waals surface area contributed by atoms with Gasteiger partial charge >= 0.3 is 12.0 Å². The molecule has 3 aromatic rings. The maximum atomic E-state index is 13.9. The minimum Gasteiger partial charge on any atom is -0.481 e. The first kappa shape index (κ1) is 29.4. The molecule has 11 heteroatoms. The molecule has 2 atom stereocenters. The van der Waals surface area contributed by atoms with Gasteiger partial charge in [-0.15, -0.1) is 22.7 Å². The van der Waals surface area contributed by atoms with Gasteiger partial charge in [-0.1, -0.05) is 38.0 Å². The Bertz CT molecular complexity index is 1260. The minimum atomic E-state index is -1.36. The lowest BCUT2D eigenvalue weighted by atomic mass is 9.80. The number of aliphatic carboxylic acids is 1. The predicted molar refractivity (Wildman–Crippen MR) is 155 cm³/mol. The summed E-state index contributed by atoms with van der Waals surface area (Å²) in [6.45, 7) is 6.08. The van der Waals surface area contributed by atoms with Crippen LogP contribution in [0.25, 0.3) is 0 Å². The highest BCUT2D eigenvalue weighted by molar-refractivity contribution is 7.10. The molecule has 9 nitrogen and oxygen atoms in total. The average Bonchev–Trinajstić information content (AvgIpc) is 3.72. The second kappa shape index (κ2) is 13.2. The standard InChI is InChI=1S/C29H35N3O6S2/c1-4-5-10-22(26(33)32(16-20-8-6-13-39-20)17-21-9-7-14-40-21)30-28(36)31-25(29(2,3)27(34)35)19-11-12-23-24(15-19)38-18-37-23/h6-9,11-15,22,25H,4-5,10,16-18H2,1-3H3,(H,34,35)(H2,30,31,36)/t22?,25-/m1/s1. The van der Waals surface area contributed by atoms with Gasteiger partial charge in [0.25, 0.3) is 0 Å². The third-order valence-electron chi connectivity index (χ3n) is 6.89. The Morgan fingerprint density at radius 2 is 1.65 bits per heavy atom. The predicted octanol–water partition coefficient (Wildman–Crippen LogP) is 5.78. The molecule has 0 aliphatic carbocycles. The fourth-order valence-corrected chi connectivity index (χ4v) is 5.95. The largest absolute Gasteiger partial charge is 0.481 e. The highest BCUT2D eigenvalue weighted by Gasteiger charge is 2.40. The Morgan fingerprint density at radius 1 is 1.00 bits per heavy atom. The zero-order valence-corrected chi connectivity index (χ0v) is 24.5. The maximum absolute atomic E-state index is 13.9. The number of carbonyl (C=O) groups is 3. The van der Waals surface area contributed by atoms with Gasteiger partial charge in [0.1, 0.15) is 6.04 Å². The van der Waals surface area contributed by atoms with Gasteiger partial charge in [0.15, 0.2) is 11.5 Å². The lowest BCUT2D eigenvalue weighted by Gasteiger charge is -2.33. The molecule has 3 N–H and O–H groups in total. The van der Waals surface area contributed by atoms with Crippen LogP contribution in [-0.4, -0.2) is 40.7 Å². The van der Waals surface area contributed by atoms with Gasteiger partial charge < -0.3 is 30.1 Å². The van der Waals surface area contributed by atoms with Crippen molar-refractivity contribution < 1.29 is 29.0 Å². The molecule has 3 heterocycles. The Kier molecular flexibility index (Phi) is 9.70. The van der Waals surface area contributed by atoms with Crippen LogP contribution < -0.4 is 20.1 Å². The zero-order chi connectivity index (χ0) is 28.7. The molecule has 0 bridgehead atoms. The number of carboxylic acids is 1. The first-order valence-electron chi connectivity index (χ1n) is 13.2. The first-order valence-corrected chi connectivity index (χ1v) is 15.0. The van der Waals surface area contributed by atoms with Gasteiger partial charge in [-0.05, 0) is 60.9 Å². The number of hydrogen-bond acceptors (Lipinski definition) is 7. The number of nitrogens with zero attached hydrogens (tertiary/aromatic N) is 1. The lowest BCUT2D eigenvalue weighted by molar-refractivity contribution is -0.148. The van der Waals surface area contributed by atoms with Gasteiger partial charge in [0.2, 0.25) is 12.7 Å². The summed E-state index contributed by atoms with van der Waals surface area (Å²) in [5, 5.41) is 19.7. The van der Waals surface area contributed by atoms with E-state index in [9.17, 15) is 19.5 Å². The fourth-order valence-electron chi connectivity index (χ4n) is 4.51. The van der Waals surface area contributed by atoms with Crippen molar-refractivity contribution in [3.05, 3.63) is 68.5 Å². The number of amides is 3. The van der Waals surface area contributed by atoms with E-state index in [1.54, 1.807) is 59.6 Å². The molecule has 1 aliphatic heterocycles. The number of carbonyl (C=O) groups excluding carboxylic acids is 2. The topological polar surface area (TPSA) is 117 Å². The zero-order valence-electron chi connectivity index (χ0n) is 22.8. The summed E-state index contributed by atoms with van der Waals surface area (Å²) in [6, 6.07) is 10.7. The molecule has 4 rings (SSSR count). The second-order valence-corrected chi connectivity index (χ2v) is 12.3. The Morgan fingerprint density at radius 3 is 2.23 bits per heavy atom. The summed E-state index contributed by atoms with van der Waals surface area (Å²) in [5.74, 6) is -0.212. The molecule has 0 saturated carbocycles. The van der Waals surface area contributed by atoms with Crippen LogP contribution in [0.5, 0.6) is 11.5 Å². The number of ether oxygens (including phenoxy) is 2. The molecular formula is C29H35N3O6S2. The smallest absolute Gasteiger partial charge is 0.315 e. The molecule has 1 aliphatic rings. The van der Waals surface area contributed by atoms with Gasteiger partial charge in [-0.25, -0.2) is 4.79 Å². The van der Waals surface area contributed by atoms with Crippen LogP contribution in [0.4, 0.5) is 4.79 Å². The van der Waals surface area contributed by atoms with Gasteiger partial charge in [-0.2, -0.15) is 0 Å². The molecule has 1 unspecified atom stereocenters. The molecule has 0 radical (unpaired) electrons. The van der Waals surface area contributed by atoms with Gasteiger partial charge in [0.05, 0.1) is 24.5 Å². The van der Waals surface area contributed by atoms with E-state index in [-0.39, 0.29) is 12.7 Å². The van der Waals surface area contributed by atoms with Crippen molar-refractivity contribution in [1.29, 1.82) is 0 Å². The van der Waals surface area contributed by atoms with Crippen molar-refractivity contribution in [3.63, 3.8) is 0 Å². The molecule has 40 heavy (non-hydrogen) atoms. The lowest BCUT2D eigenvalue weighted by Crippen LogP contribution is -2.53. The van der Waals surface area contributed by atoms with E-state index in [1.807, 2.05) is 41.9 Å². The van der Waals surface area contributed by atoms with Crippen molar-refractivity contribution in [3.8, 4) is 11.5 Å². The van der Waals surface area contributed by atoms with E-state index in [2.05, 4.69) is 10.6 Å². The molecule has 0 spiro atoms. The summed E-state index contributed by atoms with van der Waals surface area (Å²) < 4.78 is 10.9. The van der Waals surface area contributed by atoms with Crippen molar-refractivity contribution in [2.24, 2.45) is 5.41 Å². The quantitative estimate of drug-likeness (QED) is 0.234. The van der Waals surface area contributed by atoms with Crippen LogP contribution in [0.15, 0.2) is 53.2 Å². The van der Waals surface area contributed by atoms with Crippen LogP contribution in [0.1, 0.15) is 61.4 Å². The van der Waals surface area contributed by atoms with Crippen LogP contribution >= 0.6 is 22.7 Å². The van der Waals surface area contributed by atoms with Crippen LogP contribution in [0.2, 0.25) is 0 Å². The fraction of sp³-hybridized carbons (Fsp3) is 0.414. The average molecular weight is 586 g/mol. The van der Waals surface area contributed by atoms with E-state index < -0.39 is 29.5 Å². The Balaban J connectivity index is 1.55. The molecule has 2 aromatic heterocycles. The second-order valence-electron chi connectivity index (χ2n) is 10.2. The minimum absolute atomic E-state index is 0.0777. The van der Waals surface area contributed by atoms with Crippen LogP contribution in [-0.2, 0) is 22.7 Å². The number of fused-ring (bicyclic) bond motifs is 1. The number of nitrogens with one attached hydrogen (secondary N) is 2. The molecule has 3 amide bonds. The summed E-state index contributed by atoms with van der Waals surface area (Å²) >= 11 is 3.16. The number of urea groups is 1. The van der Waals surface area contributed by atoms with Crippen molar-refractivity contribution in [2.45, 2.75) is 65.2 Å². The van der Waals surface area contributed by atoms with Crippen molar-refractivity contribution >= 4 is 40.6 Å². The Labute approximate surface area is 242 Å². The van der Waals surface area contributed by atoms with Crippen LogP contribution in [0.3, 0.4) is 0 Å². The van der Waals surface area contributed by atoms with Crippen LogP contribution in [0, 0.1) is 5.41 Å². The third-order valence-corrected chi connectivity index (χ3v) is 8.62. The maximum Gasteiger partial charge on any atom is 0.315 e. The molecular weight excluding hydrogens is 550 g/mol. The summed E-state index contributed by atoms with van der Waals surface area (Å²) in [5.41, 5.74) is -0.807. The van der Waals surface area contributed by atoms with Gasteiger partial charge in [-0.3, -0.25) is 9.59 Å². The molecule has 1 aromatic carbocycles. The number of thiophene rings is 2. The molecule has 0 fully saturated rings. The van der Waals surface area contributed by atoms with E-state index in [1.165, 1.54) is 0 Å². The third kappa shape index (κ3) is 7.14. The number of unbranched alkanes of at least 4 members (excludes halogenated alkanes) is 1. The number of carboxylic acid groups (broad SMARTS) is 1. The van der Waals surface area contributed by atoms with E-state index in [0.29, 0.717) is 36.6 Å². The number of rotatable bonds is 13. The summed E-state index contributed by atoms with van der Waals surface area (Å²) in [6.07, 6.45) is 2.06. The number of benzene rings is 1. The van der Waals surface area contributed by atoms with Gasteiger partial charge in [0, 0.05) is 9.75 Å². The number of hydrogen-bond donors (Lipinski definition) is 3. The first-order chi connectivity index (χ1) is 19.2. The van der Waals surface area contributed by atoms with Crippen molar-refractivity contribution in [1.82, 2.24) is 15.5 Å².